The Morgan fingerprint density at radius 2 is 1.87 bits per heavy atom. The first-order valence-electron chi connectivity index (χ1n) is 7.48. The van der Waals surface area contributed by atoms with Crippen LogP contribution in [-0.2, 0) is 17.6 Å². The van der Waals surface area contributed by atoms with Crippen LogP contribution in [0.25, 0.3) is 0 Å². The Morgan fingerprint density at radius 3 is 2.57 bits per heavy atom. The van der Waals surface area contributed by atoms with Crippen molar-refractivity contribution in [2.75, 3.05) is 6.54 Å². The molecule has 1 aliphatic rings. The molecule has 0 fully saturated rings. The van der Waals surface area contributed by atoms with E-state index in [1.165, 1.54) is 11.1 Å². The summed E-state index contributed by atoms with van der Waals surface area (Å²) in [6.45, 7) is 2.77. The average molecular weight is 413 g/mol. The second-order valence-corrected chi connectivity index (χ2v) is 7.37. The maximum absolute atomic E-state index is 12.8. The van der Waals surface area contributed by atoms with Crippen molar-refractivity contribution >= 4 is 45.0 Å². The number of carbonyl (C=O) groups excluding carboxylic acids is 1. The highest BCUT2D eigenvalue weighted by molar-refractivity contribution is 9.10. The minimum atomic E-state index is 0.0463. The van der Waals surface area contributed by atoms with E-state index in [1.54, 1.807) is 18.2 Å². The molecule has 1 heterocycles. The molecule has 1 amide bonds. The smallest absolute Gasteiger partial charge is 0.227 e. The van der Waals surface area contributed by atoms with Crippen LogP contribution in [0.15, 0.2) is 40.9 Å². The maximum atomic E-state index is 12.8. The SMILES string of the molecule is CC1c2cccc(Br)c2CCN1C(=O)Cc1c(Cl)cccc1Cl. The molecule has 0 spiro atoms. The monoisotopic (exact) mass is 411 g/mol. The van der Waals surface area contributed by atoms with E-state index in [2.05, 4.69) is 28.9 Å². The molecule has 1 atom stereocenters. The molecule has 3 rings (SSSR count). The predicted octanol–water partition coefficient (Wildman–Crippen LogP) is 5.44. The summed E-state index contributed by atoms with van der Waals surface area (Å²) in [5.74, 6) is 0.0538. The lowest BCUT2D eigenvalue weighted by Gasteiger charge is -2.36. The van der Waals surface area contributed by atoms with E-state index in [0.29, 0.717) is 22.2 Å². The van der Waals surface area contributed by atoms with Gasteiger partial charge in [0.05, 0.1) is 12.5 Å². The highest BCUT2D eigenvalue weighted by Gasteiger charge is 2.29. The van der Waals surface area contributed by atoms with Gasteiger partial charge in [-0.3, -0.25) is 4.79 Å². The lowest BCUT2D eigenvalue weighted by molar-refractivity contribution is -0.133. The highest BCUT2D eigenvalue weighted by atomic mass is 79.9. The van der Waals surface area contributed by atoms with Gasteiger partial charge < -0.3 is 4.90 Å². The highest BCUT2D eigenvalue weighted by Crippen LogP contribution is 2.34. The minimum Gasteiger partial charge on any atom is -0.335 e. The largest absolute Gasteiger partial charge is 0.335 e. The fourth-order valence-electron chi connectivity index (χ4n) is 3.12. The summed E-state index contributed by atoms with van der Waals surface area (Å²) >= 11 is 16.0. The lowest BCUT2D eigenvalue weighted by atomic mass is 9.93. The average Bonchev–Trinajstić information content (AvgIpc) is 2.52. The number of hydrogen-bond acceptors (Lipinski definition) is 1. The van der Waals surface area contributed by atoms with Gasteiger partial charge in [0.15, 0.2) is 0 Å². The summed E-state index contributed by atoms with van der Waals surface area (Å²) in [6, 6.07) is 11.5. The molecule has 5 heteroatoms. The van der Waals surface area contributed by atoms with Crippen LogP contribution in [0.2, 0.25) is 10.0 Å². The van der Waals surface area contributed by atoms with Crippen molar-refractivity contribution in [1.29, 1.82) is 0 Å². The molecule has 120 valence electrons. The van der Waals surface area contributed by atoms with Gasteiger partial charge in [-0.15, -0.1) is 0 Å². The van der Waals surface area contributed by atoms with Crippen LogP contribution in [0.5, 0.6) is 0 Å². The number of carbonyl (C=O) groups is 1. The molecule has 0 aliphatic carbocycles. The van der Waals surface area contributed by atoms with Crippen LogP contribution in [-0.4, -0.2) is 17.4 Å². The zero-order valence-corrected chi connectivity index (χ0v) is 15.7. The Balaban J connectivity index is 1.84. The molecule has 0 radical (unpaired) electrons. The van der Waals surface area contributed by atoms with Crippen molar-refractivity contribution in [3.8, 4) is 0 Å². The summed E-state index contributed by atoms with van der Waals surface area (Å²) in [7, 11) is 0. The van der Waals surface area contributed by atoms with Crippen molar-refractivity contribution < 1.29 is 4.79 Å². The first-order valence-corrected chi connectivity index (χ1v) is 9.03. The summed E-state index contributed by atoms with van der Waals surface area (Å²) in [4.78, 5) is 14.7. The standard InChI is InChI=1S/C18H16BrCl2NO/c1-11-12-4-2-5-15(19)13(12)8-9-22(11)18(23)10-14-16(20)6-3-7-17(14)21/h2-7,11H,8-10H2,1H3. The van der Waals surface area contributed by atoms with Crippen LogP contribution in [0.4, 0.5) is 0 Å². The number of fused-ring (bicyclic) bond motifs is 1. The second kappa shape index (κ2) is 6.84. The Morgan fingerprint density at radius 1 is 1.22 bits per heavy atom. The molecular formula is C18H16BrCl2NO. The van der Waals surface area contributed by atoms with E-state index in [9.17, 15) is 4.79 Å². The first-order chi connectivity index (χ1) is 11.0. The third kappa shape index (κ3) is 3.28. The summed E-state index contributed by atoms with van der Waals surface area (Å²) in [6.07, 6.45) is 1.08. The lowest BCUT2D eigenvalue weighted by Crippen LogP contribution is -2.39. The molecule has 1 unspecified atom stereocenters. The third-order valence-electron chi connectivity index (χ3n) is 4.39. The van der Waals surface area contributed by atoms with Gasteiger partial charge in [0.25, 0.3) is 0 Å². The number of benzene rings is 2. The quantitative estimate of drug-likeness (QED) is 0.642. The normalized spacial score (nSPS) is 17.0. The number of hydrogen-bond donors (Lipinski definition) is 0. The molecule has 0 saturated carbocycles. The first kappa shape index (κ1) is 16.8. The van der Waals surface area contributed by atoms with Crippen LogP contribution < -0.4 is 0 Å². The summed E-state index contributed by atoms with van der Waals surface area (Å²) in [5.41, 5.74) is 3.19. The van der Waals surface area contributed by atoms with Gasteiger partial charge in [-0.1, -0.05) is 57.3 Å². The summed E-state index contributed by atoms with van der Waals surface area (Å²) < 4.78 is 1.11. The van der Waals surface area contributed by atoms with Gasteiger partial charge in [-0.25, -0.2) is 0 Å². The zero-order valence-electron chi connectivity index (χ0n) is 12.7. The molecule has 1 aliphatic heterocycles. The molecule has 0 N–H and O–H groups in total. The molecule has 2 aromatic rings. The van der Waals surface area contributed by atoms with Gasteiger partial charge in [-0.2, -0.15) is 0 Å². The van der Waals surface area contributed by atoms with Gasteiger partial charge in [0, 0.05) is 21.1 Å². The molecule has 0 bridgehead atoms. The molecule has 2 aromatic carbocycles. The zero-order chi connectivity index (χ0) is 16.6. The third-order valence-corrected chi connectivity index (χ3v) is 5.84. The predicted molar refractivity (Wildman–Crippen MR) is 98.1 cm³/mol. The van der Waals surface area contributed by atoms with E-state index in [-0.39, 0.29) is 18.4 Å². The van der Waals surface area contributed by atoms with Crippen molar-refractivity contribution in [3.05, 3.63) is 67.6 Å². The van der Waals surface area contributed by atoms with E-state index in [4.69, 9.17) is 23.2 Å². The Kier molecular flexibility index (Phi) is 5.00. The van der Waals surface area contributed by atoms with Gasteiger partial charge in [0.2, 0.25) is 5.91 Å². The van der Waals surface area contributed by atoms with Gasteiger partial charge in [-0.05, 0) is 48.2 Å². The van der Waals surface area contributed by atoms with E-state index in [1.807, 2.05) is 17.0 Å². The Hall–Kier alpha value is -1.03. The fraction of sp³-hybridized carbons (Fsp3) is 0.278. The molecular weight excluding hydrogens is 397 g/mol. The minimum absolute atomic E-state index is 0.0463. The number of nitrogens with zero attached hydrogens (tertiary/aromatic N) is 1. The van der Waals surface area contributed by atoms with Crippen LogP contribution in [0, 0.1) is 0 Å². The van der Waals surface area contributed by atoms with E-state index < -0.39 is 0 Å². The van der Waals surface area contributed by atoms with Crippen molar-refractivity contribution in [2.45, 2.75) is 25.8 Å². The van der Waals surface area contributed by atoms with Crippen LogP contribution in [0.1, 0.15) is 29.7 Å². The number of halogens is 3. The maximum Gasteiger partial charge on any atom is 0.227 e. The van der Waals surface area contributed by atoms with Gasteiger partial charge >= 0.3 is 0 Å². The topological polar surface area (TPSA) is 20.3 Å². The molecule has 23 heavy (non-hydrogen) atoms. The van der Waals surface area contributed by atoms with Crippen molar-refractivity contribution in [2.24, 2.45) is 0 Å². The Bertz CT molecular complexity index is 742. The number of amides is 1. The van der Waals surface area contributed by atoms with Crippen LogP contribution in [0.3, 0.4) is 0 Å². The fourth-order valence-corrected chi connectivity index (χ4v) is 4.23. The molecule has 0 saturated heterocycles. The summed E-state index contributed by atoms with van der Waals surface area (Å²) in [5, 5.41) is 1.08. The molecule has 0 aromatic heterocycles. The molecule has 2 nitrogen and oxygen atoms in total. The van der Waals surface area contributed by atoms with Crippen LogP contribution >= 0.6 is 39.1 Å². The van der Waals surface area contributed by atoms with Gasteiger partial charge in [0.1, 0.15) is 0 Å². The van der Waals surface area contributed by atoms with E-state index in [0.717, 1.165) is 10.9 Å². The van der Waals surface area contributed by atoms with E-state index >= 15 is 0 Å². The van der Waals surface area contributed by atoms with Crippen molar-refractivity contribution in [1.82, 2.24) is 4.90 Å². The Labute approximate surface area is 154 Å². The van der Waals surface area contributed by atoms with Crippen molar-refractivity contribution in [3.63, 3.8) is 0 Å². The number of rotatable bonds is 2. The second-order valence-electron chi connectivity index (χ2n) is 5.70.